The predicted molar refractivity (Wildman–Crippen MR) is 27.2 cm³/mol. The van der Waals surface area contributed by atoms with Gasteiger partial charge < -0.3 is 14.7 Å². The summed E-state index contributed by atoms with van der Waals surface area (Å²) in [5.74, 6) is -5.37. The highest BCUT2D eigenvalue weighted by Crippen LogP contribution is 2.39. The average Bonchev–Trinajstić information content (AvgIpc) is 1.82. The van der Waals surface area contributed by atoms with Crippen LogP contribution >= 0.6 is 0 Å². The molecule has 13 heavy (non-hydrogen) atoms. The average molecular weight is 212 g/mol. The van der Waals surface area contributed by atoms with Gasteiger partial charge in [0.05, 0.1) is 0 Å². The molecule has 0 radical (unpaired) electrons. The Morgan fingerprint density at radius 1 is 1.08 bits per heavy atom. The van der Waals surface area contributed by atoms with Crippen molar-refractivity contribution >= 4 is 7.32 Å². The molecule has 0 heterocycles. The van der Waals surface area contributed by atoms with Crippen molar-refractivity contribution in [3.63, 3.8) is 0 Å². The van der Waals surface area contributed by atoms with Gasteiger partial charge in [0, 0.05) is 0 Å². The zero-order chi connectivity index (χ0) is 10.9. The van der Waals surface area contributed by atoms with Crippen LogP contribution in [0.4, 0.5) is 26.3 Å². The molecule has 78 valence electrons. The lowest BCUT2D eigenvalue weighted by Gasteiger charge is -2.26. The van der Waals surface area contributed by atoms with Crippen LogP contribution in [0.1, 0.15) is 0 Å². The number of alkyl halides is 6. The van der Waals surface area contributed by atoms with E-state index in [0.29, 0.717) is 0 Å². The quantitative estimate of drug-likeness (QED) is 0.527. The molecular formula is C3H3BF6O3. The van der Waals surface area contributed by atoms with Crippen LogP contribution < -0.4 is 0 Å². The summed E-state index contributed by atoms with van der Waals surface area (Å²) in [6.45, 7) is 0. The molecule has 0 amide bonds. The summed E-state index contributed by atoms with van der Waals surface area (Å²) in [6, 6.07) is 0. The third kappa shape index (κ3) is 2.74. The van der Waals surface area contributed by atoms with Crippen LogP contribution in [0.2, 0.25) is 0 Å². The van der Waals surface area contributed by atoms with E-state index in [1.165, 1.54) is 0 Å². The van der Waals surface area contributed by atoms with E-state index in [0.717, 1.165) is 0 Å². The third-order valence-corrected chi connectivity index (χ3v) is 0.944. The topological polar surface area (TPSA) is 49.7 Å². The lowest BCUT2D eigenvalue weighted by atomic mass is 10.2. The van der Waals surface area contributed by atoms with Gasteiger partial charge in [-0.05, 0) is 0 Å². The first-order valence-corrected chi connectivity index (χ1v) is 2.69. The summed E-state index contributed by atoms with van der Waals surface area (Å²) in [5, 5.41) is 15.5. The number of rotatable bonds is 3. The Bertz CT molecular complexity index is 171. The van der Waals surface area contributed by atoms with Gasteiger partial charge >= 0.3 is 25.8 Å². The summed E-state index contributed by atoms with van der Waals surface area (Å²) in [7, 11) is -3.28. The largest absolute Gasteiger partial charge is 0.636 e. The molecule has 0 aliphatic heterocycles. The van der Waals surface area contributed by atoms with Crippen molar-refractivity contribution in [2.24, 2.45) is 0 Å². The van der Waals surface area contributed by atoms with Crippen LogP contribution in [-0.2, 0) is 4.65 Å². The van der Waals surface area contributed by atoms with E-state index in [4.69, 9.17) is 10.0 Å². The summed E-state index contributed by atoms with van der Waals surface area (Å²) < 4.78 is 72.4. The fourth-order valence-corrected chi connectivity index (χ4v) is 0.395. The Hall–Kier alpha value is -0.475. The fourth-order valence-electron chi connectivity index (χ4n) is 0.395. The van der Waals surface area contributed by atoms with Gasteiger partial charge in [0.15, 0.2) is 0 Å². The molecule has 0 saturated carbocycles. The highest BCUT2D eigenvalue weighted by molar-refractivity contribution is 6.32. The molecule has 1 unspecified atom stereocenters. The Morgan fingerprint density at radius 3 is 1.54 bits per heavy atom. The molecule has 3 nitrogen and oxygen atoms in total. The summed E-state index contributed by atoms with van der Waals surface area (Å²) in [4.78, 5) is 0. The van der Waals surface area contributed by atoms with Crippen LogP contribution in [0.15, 0.2) is 0 Å². The Balaban J connectivity index is 4.74. The number of hydrogen-bond donors (Lipinski definition) is 2. The molecule has 0 aromatic heterocycles. The molecule has 0 aromatic carbocycles. The molecule has 1 atom stereocenters. The summed E-state index contributed by atoms with van der Waals surface area (Å²) >= 11 is 0. The number of hydrogen-bond acceptors (Lipinski definition) is 3. The zero-order valence-electron chi connectivity index (χ0n) is 5.73. The minimum absolute atomic E-state index is 2.63. The van der Waals surface area contributed by atoms with E-state index in [1.807, 2.05) is 0 Å². The van der Waals surface area contributed by atoms with Crippen molar-refractivity contribution in [1.29, 1.82) is 0 Å². The molecule has 2 N–H and O–H groups in total. The maximum atomic E-state index is 12.3. The van der Waals surface area contributed by atoms with Crippen molar-refractivity contribution in [2.45, 2.75) is 18.5 Å². The van der Waals surface area contributed by atoms with Crippen molar-refractivity contribution in [3.8, 4) is 0 Å². The predicted octanol–water partition coefficient (Wildman–Crippen LogP) is 0.466. The van der Waals surface area contributed by atoms with E-state index >= 15 is 0 Å². The van der Waals surface area contributed by atoms with E-state index < -0.39 is 25.8 Å². The van der Waals surface area contributed by atoms with Crippen molar-refractivity contribution in [2.75, 3.05) is 0 Å². The van der Waals surface area contributed by atoms with Gasteiger partial charge in [-0.15, -0.1) is 0 Å². The summed E-state index contributed by atoms with van der Waals surface area (Å²) in [6.07, 6.45) is -10.6. The van der Waals surface area contributed by atoms with Gasteiger partial charge in [-0.3, -0.25) is 0 Å². The summed E-state index contributed by atoms with van der Waals surface area (Å²) in [5.41, 5.74) is 0. The van der Waals surface area contributed by atoms with Gasteiger partial charge in [-0.1, -0.05) is 0 Å². The Kier molecular flexibility index (Phi) is 3.58. The van der Waals surface area contributed by atoms with Crippen LogP contribution in [0, 0.1) is 0 Å². The van der Waals surface area contributed by atoms with Crippen LogP contribution in [0.5, 0.6) is 0 Å². The molecule has 0 aliphatic rings. The van der Waals surface area contributed by atoms with Crippen molar-refractivity contribution in [3.05, 3.63) is 0 Å². The molecular weight excluding hydrogens is 209 g/mol. The molecule has 0 rings (SSSR count). The van der Waals surface area contributed by atoms with Crippen LogP contribution in [0.3, 0.4) is 0 Å². The molecule has 0 bridgehead atoms. The van der Waals surface area contributed by atoms with Gasteiger partial charge in [-0.2, -0.15) is 17.6 Å². The first-order valence-electron chi connectivity index (χ1n) is 2.69. The monoisotopic (exact) mass is 212 g/mol. The van der Waals surface area contributed by atoms with E-state index in [2.05, 4.69) is 4.65 Å². The molecule has 0 saturated heterocycles. The minimum Gasteiger partial charge on any atom is -0.402 e. The Morgan fingerprint density at radius 2 is 1.46 bits per heavy atom. The molecule has 0 aliphatic carbocycles. The van der Waals surface area contributed by atoms with Gasteiger partial charge in [0.25, 0.3) is 0 Å². The highest BCUT2D eigenvalue weighted by Gasteiger charge is 2.65. The number of halogens is 6. The second-order valence-electron chi connectivity index (χ2n) is 1.89. The van der Waals surface area contributed by atoms with Crippen LogP contribution in [-0.4, -0.2) is 35.8 Å². The lowest BCUT2D eigenvalue weighted by molar-refractivity contribution is -0.348. The highest BCUT2D eigenvalue weighted by atomic mass is 19.4. The Labute approximate surface area is 68.1 Å². The lowest BCUT2D eigenvalue weighted by Crippen LogP contribution is -2.52. The van der Waals surface area contributed by atoms with Crippen molar-refractivity contribution in [1.82, 2.24) is 0 Å². The van der Waals surface area contributed by atoms with E-state index in [-0.39, 0.29) is 0 Å². The first kappa shape index (κ1) is 12.5. The molecule has 0 spiro atoms. The van der Waals surface area contributed by atoms with Gasteiger partial charge in [-0.25, -0.2) is 8.78 Å². The maximum Gasteiger partial charge on any atom is 0.636 e. The second-order valence-corrected chi connectivity index (χ2v) is 1.89. The zero-order valence-corrected chi connectivity index (χ0v) is 5.73. The molecule has 0 fully saturated rings. The smallest absolute Gasteiger partial charge is 0.402 e. The minimum atomic E-state index is -6.05. The molecule has 0 aromatic rings. The first-order chi connectivity index (χ1) is 5.61. The van der Waals surface area contributed by atoms with Crippen LogP contribution in [0.25, 0.3) is 0 Å². The fraction of sp³-hybridized carbons (Fsp3) is 1.00. The van der Waals surface area contributed by atoms with E-state index in [9.17, 15) is 26.3 Å². The second kappa shape index (κ2) is 3.72. The molecule has 10 heteroatoms. The van der Waals surface area contributed by atoms with E-state index in [1.54, 1.807) is 0 Å². The standard InChI is InChI=1S/C3H3BF6O3/c5-1(6)2(7,3(8,9)10)13-4(11)12/h1,11-12H. The third-order valence-electron chi connectivity index (χ3n) is 0.944. The van der Waals surface area contributed by atoms with Gasteiger partial charge in [0.2, 0.25) is 0 Å². The SMILES string of the molecule is OB(O)OC(F)(C(F)F)C(F)(F)F. The van der Waals surface area contributed by atoms with Crippen molar-refractivity contribution < 1.29 is 41.0 Å². The maximum absolute atomic E-state index is 12.3. The van der Waals surface area contributed by atoms with Gasteiger partial charge in [0.1, 0.15) is 0 Å². The normalized spacial score (nSPS) is 17.3.